The molecule has 0 aromatic heterocycles. The Balaban J connectivity index is 3.23. The molecule has 0 aliphatic carbocycles. The van der Waals surface area contributed by atoms with Gasteiger partial charge in [0.05, 0.1) is 0 Å². The number of carboxylic acid groups (broad SMARTS) is 1. The first kappa shape index (κ1) is 14.0. The molecule has 0 bridgehead atoms. The van der Waals surface area contributed by atoms with Crippen molar-refractivity contribution in [2.24, 2.45) is 0 Å². The van der Waals surface area contributed by atoms with Gasteiger partial charge in [0.25, 0.3) is 0 Å². The van der Waals surface area contributed by atoms with Crippen molar-refractivity contribution < 1.29 is 14.7 Å². The van der Waals surface area contributed by atoms with Crippen molar-refractivity contribution in [2.75, 3.05) is 0 Å². The van der Waals surface area contributed by atoms with Gasteiger partial charge < -0.3 is 10.4 Å². The average molecular weight is 247 g/mol. The zero-order valence-electron chi connectivity index (χ0n) is 11.0. The number of aryl methyl sites for hydroxylation is 3. The van der Waals surface area contributed by atoms with Crippen LogP contribution in [0.2, 0.25) is 0 Å². The molecule has 0 saturated carbocycles. The lowest BCUT2D eigenvalue weighted by Crippen LogP contribution is -2.24. The normalized spacial score (nSPS) is 11.2. The lowest BCUT2D eigenvalue weighted by Gasteiger charge is -2.08. The molecule has 1 rings (SSSR count). The predicted octanol–water partition coefficient (Wildman–Crippen LogP) is 2.17. The fourth-order valence-corrected chi connectivity index (χ4v) is 1.63. The third-order valence-electron chi connectivity index (χ3n) is 2.72. The van der Waals surface area contributed by atoms with E-state index in [0.29, 0.717) is 0 Å². The molecule has 0 atom stereocenters. The maximum Gasteiger partial charge on any atom is 0.352 e. The van der Waals surface area contributed by atoms with Gasteiger partial charge in [-0.25, -0.2) is 4.79 Å². The van der Waals surface area contributed by atoms with Crippen LogP contribution in [-0.2, 0) is 9.59 Å². The molecule has 2 N–H and O–H groups in total. The first-order valence-electron chi connectivity index (χ1n) is 5.61. The van der Waals surface area contributed by atoms with Crippen LogP contribution in [0.25, 0.3) is 6.08 Å². The lowest BCUT2D eigenvalue weighted by molar-refractivity contribution is -0.134. The van der Waals surface area contributed by atoms with Gasteiger partial charge in [-0.05, 0) is 49.1 Å². The molecule has 0 spiro atoms. The minimum Gasteiger partial charge on any atom is -0.477 e. The van der Waals surface area contributed by atoms with E-state index in [1.54, 1.807) is 0 Å². The van der Waals surface area contributed by atoms with Crippen LogP contribution in [0.5, 0.6) is 0 Å². The standard InChI is InChI=1S/C14H17NO3/c1-8-5-10(3)12(6-9(8)2)7-13(14(17)18)15-11(4)16/h5-7H,1-4H3,(H,15,16)(H,17,18)/b13-7+. The third kappa shape index (κ3) is 3.45. The molecule has 96 valence electrons. The second-order valence-electron chi connectivity index (χ2n) is 4.34. The fraction of sp³-hybridized carbons (Fsp3) is 0.286. The number of carbonyl (C=O) groups is 2. The maximum atomic E-state index is 11.0. The monoisotopic (exact) mass is 247 g/mol. The van der Waals surface area contributed by atoms with Gasteiger partial charge in [-0.15, -0.1) is 0 Å². The second-order valence-corrected chi connectivity index (χ2v) is 4.34. The van der Waals surface area contributed by atoms with Crippen LogP contribution in [0.4, 0.5) is 0 Å². The first-order chi connectivity index (χ1) is 8.31. The average Bonchev–Trinajstić information content (AvgIpc) is 2.23. The van der Waals surface area contributed by atoms with E-state index in [4.69, 9.17) is 5.11 Å². The Kier molecular flexibility index (Phi) is 4.26. The van der Waals surface area contributed by atoms with Crippen molar-refractivity contribution in [3.05, 3.63) is 40.1 Å². The van der Waals surface area contributed by atoms with Crippen molar-refractivity contribution in [1.82, 2.24) is 5.32 Å². The minimum absolute atomic E-state index is 0.117. The van der Waals surface area contributed by atoms with Crippen LogP contribution in [-0.4, -0.2) is 17.0 Å². The Bertz CT molecular complexity index is 530. The number of amides is 1. The van der Waals surface area contributed by atoms with E-state index in [2.05, 4.69) is 5.32 Å². The molecule has 1 aromatic carbocycles. The van der Waals surface area contributed by atoms with Crippen molar-refractivity contribution in [1.29, 1.82) is 0 Å². The molecule has 0 aliphatic rings. The Hall–Kier alpha value is -2.10. The van der Waals surface area contributed by atoms with Crippen molar-refractivity contribution >= 4 is 18.0 Å². The maximum absolute atomic E-state index is 11.0. The van der Waals surface area contributed by atoms with Crippen LogP contribution in [0.3, 0.4) is 0 Å². The molecule has 0 heterocycles. The molecule has 0 unspecified atom stereocenters. The fourth-order valence-electron chi connectivity index (χ4n) is 1.63. The highest BCUT2D eigenvalue weighted by Crippen LogP contribution is 2.17. The second kappa shape index (κ2) is 5.49. The van der Waals surface area contributed by atoms with E-state index in [9.17, 15) is 9.59 Å². The highest BCUT2D eigenvalue weighted by Gasteiger charge is 2.10. The van der Waals surface area contributed by atoms with Gasteiger partial charge in [0.2, 0.25) is 5.91 Å². The van der Waals surface area contributed by atoms with Crippen molar-refractivity contribution in [3.8, 4) is 0 Å². The number of hydrogen-bond donors (Lipinski definition) is 2. The molecule has 0 radical (unpaired) electrons. The lowest BCUT2D eigenvalue weighted by atomic mass is 10.00. The molecule has 1 aromatic rings. The van der Waals surface area contributed by atoms with E-state index < -0.39 is 11.9 Å². The molecule has 4 heteroatoms. The summed E-state index contributed by atoms with van der Waals surface area (Å²) in [6, 6.07) is 3.91. The van der Waals surface area contributed by atoms with Crippen LogP contribution >= 0.6 is 0 Å². The van der Waals surface area contributed by atoms with Gasteiger partial charge >= 0.3 is 5.97 Å². The van der Waals surface area contributed by atoms with E-state index >= 15 is 0 Å². The Morgan fingerprint density at radius 2 is 1.67 bits per heavy atom. The molecule has 18 heavy (non-hydrogen) atoms. The quantitative estimate of drug-likeness (QED) is 0.804. The topological polar surface area (TPSA) is 66.4 Å². The molecular weight excluding hydrogens is 230 g/mol. The van der Waals surface area contributed by atoms with E-state index in [0.717, 1.165) is 22.3 Å². The summed E-state index contributed by atoms with van der Waals surface area (Å²) >= 11 is 0. The van der Waals surface area contributed by atoms with Crippen molar-refractivity contribution in [2.45, 2.75) is 27.7 Å². The number of nitrogens with one attached hydrogen (secondary N) is 1. The molecule has 0 saturated heterocycles. The van der Waals surface area contributed by atoms with Crippen molar-refractivity contribution in [3.63, 3.8) is 0 Å². The number of hydrogen-bond acceptors (Lipinski definition) is 2. The van der Waals surface area contributed by atoms with Crippen LogP contribution in [0.1, 0.15) is 29.2 Å². The van der Waals surface area contributed by atoms with Gasteiger partial charge in [0, 0.05) is 6.92 Å². The van der Waals surface area contributed by atoms with Gasteiger partial charge in [-0.3, -0.25) is 4.79 Å². The van der Waals surface area contributed by atoms with Gasteiger partial charge in [-0.1, -0.05) is 12.1 Å². The number of benzene rings is 1. The van der Waals surface area contributed by atoms with Crippen LogP contribution < -0.4 is 5.32 Å². The highest BCUT2D eigenvalue weighted by molar-refractivity contribution is 5.96. The predicted molar refractivity (Wildman–Crippen MR) is 70.1 cm³/mol. The Labute approximate surface area is 106 Å². The SMILES string of the molecule is CC(=O)N/C(=C/c1cc(C)c(C)cc1C)C(=O)O. The summed E-state index contributed by atoms with van der Waals surface area (Å²) in [5.74, 6) is -1.55. The summed E-state index contributed by atoms with van der Waals surface area (Å²) in [7, 11) is 0. The molecule has 0 fully saturated rings. The minimum atomic E-state index is -1.15. The Morgan fingerprint density at radius 1 is 1.11 bits per heavy atom. The van der Waals surface area contributed by atoms with E-state index in [-0.39, 0.29) is 5.70 Å². The summed E-state index contributed by atoms with van der Waals surface area (Å²) in [5.41, 5.74) is 3.89. The first-order valence-corrected chi connectivity index (χ1v) is 5.61. The van der Waals surface area contributed by atoms with Gasteiger partial charge in [0.1, 0.15) is 5.70 Å². The summed E-state index contributed by atoms with van der Waals surface area (Å²) in [5, 5.41) is 11.3. The molecular formula is C14H17NO3. The van der Waals surface area contributed by atoms with Crippen LogP contribution in [0.15, 0.2) is 17.8 Å². The molecule has 1 amide bonds. The number of rotatable bonds is 3. The third-order valence-corrected chi connectivity index (χ3v) is 2.72. The molecule has 0 aliphatic heterocycles. The summed E-state index contributed by atoms with van der Waals surface area (Å²) in [6.07, 6.45) is 1.48. The number of carbonyl (C=O) groups excluding carboxylic acids is 1. The summed E-state index contributed by atoms with van der Waals surface area (Å²) in [6.45, 7) is 7.16. The van der Waals surface area contributed by atoms with Gasteiger partial charge in [0.15, 0.2) is 0 Å². The Morgan fingerprint density at radius 3 is 2.17 bits per heavy atom. The zero-order chi connectivity index (χ0) is 13.9. The van der Waals surface area contributed by atoms with E-state index in [1.807, 2.05) is 32.9 Å². The number of carboxylic acids is 1. The zero-order valence-corrected chi connectivity index (χ0v) is 11.0. The summed E-state index contributed by atoms with van der Waals surface area (Å²) in [4.78, 5) is 22.0. The highest BCUT2D eigenvalue weighted by atomic mass is 16.4. The van der Waals surface area contributed by atoms with Gasteiger partial charge in [-0.2, -0.15) is 0 Å². The smallest absolute Gasteiger partial charge is 0.352 e. The summed E-state index contributed by atoms with van der Waals surface area (Å²) < 4.78 is 0. The molecule has 4 nitrogen and oxygen atoms in total. The number of aliphatic carboxylic acids is 1. The van der Waals surface area contributed by atoms with E-state index in [1.165, 1.54) is 13.0 Å². The largest absolute Gasteiger partial charge is 0.477 e. The van der Waals surface area contributed by atoms with Crippen LogP contribution in [0, 0.1) is 20.8 Å².